The molecule has 0 spiro atoms. The lowest BCUT2D eigenvalue weighted by molar-refractivity contribution is -0.143. The van der Waals surface area contributed by atoms with E-state index in [1.807, 2.05) is 36.4 Å². The zero-order valence-corrected chi connectivity index (χ0v) is 13.1. The van der Waals surface area contributed by atoms with E-state index in [2.05, 4.69) is 9.97 Å². The molecule has 0 fully saturated rings. The molecule has 0 unspecified atom stereocenters. The fourth-order valence-corrected chi connectivity index (χ4v) is 2.08. The van der Waals surface area contributed by atoms with E-state index < -0.39 is 0 Å². The van der Waals surface area contributed by atoms with Crippen LogP contribution in [0.25, 0.3) is 12.2 Å². The zero-order chi connectivity index (χ0) is 15.8. The van der Waals surface area contributed by atoms with Crippen molar-refractivity contribution in [1.29, 1.82) is 0 Å². The summed E-state index contributed by atoms with van der Waals surface area (Å²) in [5.74, 6) is 0.292. The van der Waals surface area contributed by atoms with Crippen LogP contribution >= 0.6 is 11.6 Å². The Morgan fingerprint density at radius 2 is 2.05 bits per heavy atom. The Hall–Kier alpha value is -2.20. The van der Waals surface area contributed by atoms with Crippen molar-refractivity contribution in [2.75, 3.05) is 6.61 Å². The van der Waals surface area contributed by atoms with Gasteiger partial charge in [-0.1, -0.05) is 48.0 Å². The standard InChI is InChI=1S/C17H17ClN2O2/c1-2-22-16(21)11-9-14-12-19-15(20-17(14)18)10-8-13-6-4-3-5-7-13/h3-8,10,12H,2,9,11H2,1H3/b10-8+. The third kappa shape index (κ3) is 4.97. The highest BCUT2D eigenvalue weighted by molar-refractivity contribution is 6.30. The lowest BCUT2D eigenvalue weighted by atomic mass is 10.2. The minimum absolute atomic E-state index is 0.244. The maximum Gasteiger partial charge on any atom is 0.306 e. The number of rotatable bonds is 6. The van der Waals surface area contributed by atoms with Gasteiger partial charge in [0.2, 0.25) is 0 Å². The summed E-state index contributed by atoms with van der Waals surface area (Å²) < 4.78 is 4.88. The van der Waals surface area contributed by atoms with E-state index in [4.69, 9.17) is 16.3 Å². The van der Waals surface area contributed by atoms with Crippen LogP contribution in [0.15, 0.2) is 36.5 Å². The summed E-state index contributed by atoms with van der Waals surface area (Å²) in [5.41, 5.74) is 1.81. The topological polar surface area (TPSA) is 52.1 Å². The normalized spacial score (nSPS) is 10.8. The van der Waals surface area contributed by atoms with Crippen LogP contribution in [0.2, 0.25) is 5.15 Å². The Kier molecular flexibility index (Phi) is 6.10. The van der Waals surface area contributed by atoms with Crippen LogP contribution in [0.1, 0.15) is 30.3 Å². The number of halogens is 1. The van der Waals surface area contributed by atoms with Gasteiger partial charge in [0.25, 0.3) is 0 Å². The summed E-state index contributed by atoms with van der Waals surface area (Å²) in [6, 6.07) is 9.87. The van der Waals surface area contributed by atoms with Crippen molar-refractivity contribution in [1.82, 2.24) is 9.97 Å². The van der Waals surface area contributed by atoms with E-state index in [9.17, 15) is 4.79 Å². The smallest absolute Gasteiger partial charge is 0.306 e. The summed E-state index contributed by atoms with van der Waals surface area (Å²) in [5, 5.41) is 0.368. The van der Waals surface area contributed by atoms with E-state index in [1.54, 1.807) is 19.2 Å². The molecule has 0 saturated carbocycles. The molecular formula is C17H17ClN2O2. The van der Waals surface area contributed by atoms with E-state index in [-0.39, 0.29) is 12.4 Å². The number of hydrogen-bond donors (Lipinski definition) is 0. The first-order valence-corrected chi connectivity index (χ1v) is 7.47. The summed E-state index contributed by atoms with van der Waals surface area (Å²) in [7, 11) is 0. The fraction of sp³-hybridized carbons (Fsp3) is 0.235. The van der Waals surface area contributed by atoms with Crippen LogP contribution in [0.5, 0.6) is 0 Å². The largest absolute Gasteiger partial charge is 0.466 e. The summed E-state index contributed by atoms with van der Waals surface area (Å²) in [4.78, 5) is 19.8. The van der Waals surface area contributed by atoms with Gasteiger partial charge in [-0.25, -0.2) is 9.97 Å². The van der Waals surface area contributed by atoms with Gasteiger partial charge in [-0.05, 0) is 25.0 Å². The zero-order valence-electron chi connectivity index (χ0n) is 12.3. The number of hydrogen-bond acceptors (Lipinski definition) is 4. The minimum Gasteiger partial charge on any atom is -0.466 e. The van der Waals surface area contributed by atoms with E-state index in [1.165, 1.54) is 0 Å². The number of aromatic nitrogens is 2. The number of carbonyl (C=O) groups is 1. The first kappa shape index (κ1) is 16.2. The van der Waals surface area contributed by atoms with Gasteiger partial charge < -0.3 is 4.74 Å². The Morgan fingerprint density at radius 3 is 2.73 bits per heavy atom. The van der Waals surface area contributed by atoms with Crippen molar-refractivity contribution in [3.05, 3.63) is 58.6 Å². The lowest BCUT2D eigenvalue weighted by Gasteiger charge is -2.04. The Bertz CT molecular complexity index is 657. The molecule has 22 heavy (non-hydrogen) atoms. The first-order chi connectivity index (χ1) is 10.7. The fourth-order valence-electron chi connectivity index (χ4n) is 1.85. The molecule has 0 aliphatic rings. The summed E-state index contributed by atoms with van der Waals surface area (Å²) in [6.45, 7) is 2.16. The van der Waals surface area contributed by atoms with Crippen molar-refractivity contribution in [2.24, 2.45) is 0 Å². The van der Waals surface area contributed by atoms with Gasteiger partial charge in [0.15, 0.2) is 5.82 Å². The van der Waals surface area contributed by atoms with Gasteiger partial charge in [0.05, 0.1) is 6.61 Å². The molecule has 0 radical (unpaired) electrons. The van der Waals surface area contributed by atoms with Gasteiger partial charge in [0, 0.05) is 18.2 Å². The highest BCUT2D eigenvalue weighted by Gasteiger charge is 2.07. The van der Waals surface area contributed by atoms with Crippen molar-refractivity contribution in [3.63, 3.8) is 0 Å². The van der Waals surface area contributed by atoms with E-state index in [0.717, 1.165) is 11.1 Å². The van der Waals surface area contributed by atoms with Crippen molar-refractivity contribution >= 4 is 29.7 Å². The van der Waals surface area contributed by atoms with E-state index >= 15 is 0 Å². The molecule has 0 aliphatic carbocycles. The predicted octanol–water partition coefficient (Wildman–Crippen LogP) is 3.80. The Labute approximate surface area is 134 Å². The number of nitrogens with zero attached hydrogens (tertiary/aromatic N) is 2. The van der Waals surface area contributed by atoms with Crippen molar-refractivity contribution < 1.29 is 9.53 Å². The molecule has 114 valence electrons. The predicted molar refractivity (Wildman–Crippen MR) is 87.4 cm³/mol. The number of carbonyl (C=O) groups excluding carboxylic acids is 1. The lowest BCUT2D eigenvalue weighted by Crippen LogP contribution is -2.06. The Morgan fingerprint density at radius 1 is 1.27 bits per heavy atom. The van der Waals surface area contributed by atoms with E-state index in [0.29, 0.717) is 24.0 Å². The van der Waals surface area contributed by atoms with Crippen LogP contribution < -0.4 is 0 Å². The second-order valence-electron chi connectivity index (χ2n) is 4.59. The summed E-state index contributed by atoms with van der Waals surface area (Å²) in [6.07, 6.45) is 6.12. The molecule has 2 rings (SSSR count). The van der Waals surface area contributed by atoms with Crippen LogP contribution in [-0.2, 0) is 16.0 Å². The molecule has 0 amide bonds. The van der Waals surface area contributed by atoms with Crippen molar-refractivity contribution in [3.8, 4) is 0 Å². The minimum atomic E-state index is -0.244. The Balaban J connectivity index is 2.00. The van der Waals surface area contributed by atoms with Crippen LogP contribution in [0, 0.1) is 0 Å². The first-order valence-electron chi connectivity index (χ1n) is 7.09. The highest BCUT2D eigenvalue weighted by atomic mass is 35.5. The molecule has 5 heteroatoms. The highest BCUT2D eigenvalue weighted by Crippen LogP contribution is 2.15. The maximum absolute atomic E-state index is 11.3. The van der Waals surface area contributed by atoms with Gasteiger partial charge in [0.1, 0.15) is 5.15 Å². The molecule has 0 atom stereocenters. The van der Waals surface area contributed by atoms with Crippen LogP contribution in [-0.4, -0.2) is 22.5 Å². The SMILES string of the molecule is CCOC(=O)CCc1cnc(/C=C/c2ccccc2)nc1Cl. The molecule has 2 aromatic rings. The van der Waals surface area contributed by atoms with Gasteiger partial charge in [-0.3, -0.25) is 4.79 Å². The maximum atomic E-state index is 11.3. The monoisotopic (exact) mass is 316 g/mol. The second-order valence-corrected chi connectivity index (χ2v) is 4.95. The van der Waals surface area contributed by atoms with Crippen LogP contribution in [0.4, 0.5) is 0 Å². The quantitative estimate of drug-likeness (QED) is 0.601. The second kappa shape index (κ2) is 8.29. The third-order valence-electron chi connectivity index (χ3n) is 2.96. The van der Waals surface area contributed by atoms with Gasteiger partial charge in [-0.2, -0.15) is 0 Å². The number of benzene rings is 1. The molecule has 0 saturated heterocycles. The molecule has 4 nitrogen and oxygen atoms in total. The molecule has 0 aliphatic heterocycles. The average Bonchev–Trinajstić information content (AvgIpc) is 2.53. The van der Waals surface area contributed by atoms with Gasteiger partial charge >= 0.3 is 5.97 Å². The third-order valence-corrected chi connectivity index (χ3v) is 3.29. The number of ether oxygens (including phenoxy) is 1. The number of aryl methyl sites for hydroxylation is 1. The van der Waals surface area contributed by atoms with Crippen molar-refractivity contribution in [2.45, 2.75) is 19.8 Å². The number of esters is 1. The van der Waals surface area contributed by atoms with Crippen LogP contribution in [0.3, 0.4) is 0 Å². The molecule has 1 heterocycles. The molecule has 1 aromatic heterocycles. The average molecular weight is 317 g/mol. The molecular weight excluding hydrogens is 300 g/mol. The summed E-state index contributed by atoms with van der Waals surface area (Å²) >= 11 is 6.13. The molecule has 0 bridgehead atoms. The van der Waals surface area contributed by atoms with Gasteiger partial charge in [-0.15, -0.1) is 0 Å². The molecule has 0 N–H and O–H groups in total. The molecule has 1 aromatic carbocycles.